The molecule has 3 heterocycles. The zero-order chi connectivity index (χ0) is 16.4. The molecule has 0 atom stereocenters. The molecule has 0 aliphatic rings. The molecule has 0 aliphatic heterocycles. The maximum absolute atomic E-state index is 5.23. The molecule has 118 valence electrons. The van der Waals surface area contributed by atoms with Gasteiger partial charge in [-0.3, -0.25) is 9.97 Å². The van der Waals surface area contributed by atoms with Crippen LogP contribution in [0, 0.1) is 0 Å². The average Bonchev–Trinajstić information content (AvgIpc) is 3.06. The first kappa shape index (κ1) is 14.5. The summed E-state index contributed by atoms with van der Waals surface area (Å²) in [6.45, 7) is 0.789. The lowest BCUT2D eigenvalue weighted by Gasteiger charge is -2.10. The second-order valence-electron chi connectivity index (χ2n) is 5.62. The minimum absolute atomic E-state index is 0.789. The maximum atomic E-state index is 5.23. The Morgan fingerprint density at radius 1 is 0.917 bits per heavy atom. The van der Waals surface area contributed by atoms with Gasteiger partial charge in [0.25, 0.3) is 0 Å². The summed E-state index contributed by atoms with van der Waals surface area (Å²) in [4.78, 5) is 8.71. The largest absolute Gasteiger partial charge is 0.497 e. The smallest absolute Gasteiger partial charge is 0.118 e. The SMILES string of the molecule is COc1ccc(Cn2ccc3ccnc(-c4ccncc4)c32)cc1. The van der Waals surface area contributed by atoms with E-state index in [0.29, 0.717) is 0 Å². The first-order valence-electron chi connectivity index (χ1n) is 7.82. The number of rotatable bonds is 4. The molecular weight excluding hydrogens is 298 g/mol. The number of hydrogen-bond donors (Lipinski definition) is 0. The Balaban J connectivity index is 1.78. The van der Waals surface area contributed by atoms with Crippen molar-refractivity contribution in [2.45, 2.75) is 6.54 Å². The Hall–Kier alpha value is -3.14. The molecule has 0 N–H and O–H groups in total. The van der Waals surface area contributed by atoms with Gasteiger partial charge in [-0.05, 0) is 42.0 Å². The van der Waals surface area contributed by atoms with Crippen LogP contribution in [0.1, 0.15) is 5.56 Å². The molecular formula is C20H17N3O. The summed E-state index contributed by atoms with van der Waals surface area (Å²) in [6.07, 6.45) is 7.57. The molecule has 0 fully saturated rings. The highest BCUT2D eigenvalue weighted by atomic mass is 16.5. The van der Waals surface area contributed by atoms with Crippen molar-refractivity contribution >= 4 is 10.9 Å². The van der Waals surface area contributed by atoms with Crippen molar-refractivity contribution in [1.82, 2.24) is 14.5 Å². The number of benzene rings is 1. The number of hydrogen-bond acceptors (Lipinski definition) is 3. The van der Waals surface area contributed by atoms with Gasteiger partial charge in [0.15, 0.2) is 0 Å². The Morgan fingerprint density at radius 3 is 2.46 bits per heavy atom. The van der Waals surface area contributed by atoms with Gasteiger partial charge in [-0.15, -0.1) is 0 Å². The molecule has 4 heteroatoms. The standard InChI is InChI=1S/C20H17N3O/c1-24-18-4-2-15(3-5-18)14-23-13-9-17-8-12-22-19(20(17)23)16-6-10-21-11-7-16/h2-13H,14H2,1H3. The Labute approximate surface area is 140 Å². The number of methoxy groups -OCH3 is 1. The van der Waals surface area contributed by atoms with Crippen molar-refractivity contribution in [3.63, 3.8) is 0 Å². The molecule has 24 heavy (non-hydrogen) atoms. The molecule has 4 nitrogen and oxygen atoms in total. The van der Waals surface area contributed by atoms with Crippen LogP contribution in [-0.2, 0) is 6.54 Å². The van der Waals surface area contributed by atoms with Gasteiger partial charge >= 0.3 is 0 Å². The lowest BCUT2D eigenvalue weighted by Crippen LogP contribution is -2.00. The van der Waals surface area contributed by atoms with Crippen molar-refractivity contribution in [3.05, 3.63) is 78.9 Å². The number of ether oxygens (including phenoxy) is 1. The van der Waals surface area contributed by atoms with E-state index in [1.165, 1.54) is 10.9 Å². The van der Waals surface area contributed by atoms with Crippen LogP contribution in [-0.4, -0.2) is 21.6 Å². The summed E-state index contributed by atoms with van der Waals surface area (Å²) >= 11 is 0. The average molecular weight is 315 g/mol. The van der Waals surface area contributed by atoms with Crippen LogP contribution in [0.15, 0.2) is 73.3 Å². The van der Waals surface area contributed by atoms with Crippen LogP contribution in [0.2, 0.25) is 0 Å². The summed E-state index contributed by atoms with van der Waals surface area (Å²) in [5, 5.41) is 1.19. The van der Waals surface area contributed by atoms with Gasteiger partial charge in [0.1, 0.15) is 5.75 Å². The van der Waals surface area contributed by atoms with Crippen LogP contribution >= 0.6 is 0 Å². The van der Waals surface area contributed by atoms with Crippen LogP contribution in [0.25, 0.3) is 22.2 Å². The maximum Gasteiger partial charge on any atom is 0.118 e. The molecule has 0 saturated heterocycles. The topological polar surface area (TPSA) is 39.9 Å². The molecule has 4 aromatic rings. The molecule has 0 spiro atoms. The van der Waals surface area contributed by atoms with Crippen LogP contribution in [0.5, 0.6) is 5.75 Å². The Kier molecular flexibility index (Phi) is 3.71. The van der Waals surface area contributed by atoms with Crippen LogP contribution in [0.3, 0.4) is 0 Å². The number of nitrogens with zero attached hydrogens (tertiary/aromatic N) is 3. The molecule has 0 saturated carbocycles. The quantitative estimate of drug-likeness (QED) is 0.568. The number of aromatic nitrogens is 3. The molecule has 0 amide bonds. The summed E-state index contributed by atoms with van der Waals surface area (Å²) in [5.74, 6) is 0.871. The van der Waals surface area contributed by atoms with Crippen LogP contribution in [0.4, 0.5) is 0 Å². The fourth-order valence-electron chi connectivity index (χ4n) is 2.93. The van der Waals surface area contributed by atoms with E-state index >= 15 is 0 Å². The zero-order valence-corrected chi connectivity index (χ0v) is 13.4. The molecule has 0 radical (unpaired) electrons. The second-order valence-corrected chi connectivity index (χ2v) is 5.62. The fraction of sp³-hybridized carbons (Fsp3) is 0.100. The van der Waals surface area contributed by atoms with E-state index < -0.39 is 0 Å². The minimum Gasteiger partial charge on any atom is -0.497 e. The predicted octanol–water partition coefficient (Wildman–Crippen LogP) is 4.16. The molecule has 1 aromatic carbocycles. The number of pyridine rings is 2. The van der Waals surface area contributed by atoms with E-state index in [-0.39, 0.29) is 0 Å². The lowest BCUT2D eigenvalue weighted by molar-refractivity contribution is 0.414. The zero-order valence-electron chi connectivity index (χ0n) is 13.4. The molecule has 0 bridgehead atoms. The van der Waals surface area contributed by atoms with E-state index in [1.807, 2.05) is 36.5 Å². The number of fused-ring (bicyclic) bond motifs is 1. The van der Waals surface area contributed by atoms with Gasteiger partial charge in [-0.25, -0.2) is 0 Å². The summed E-state index contributed by atoms with van der Waals surface area (Å²) < 4.78 is 7.46. The van der Waals surface area contributed by atoms with Gasteiger partial charge in [-0.2, -0.15) is 0 Å². The van der Waals surface area contributed by atoms with Gasteiger partial charge in [0.05, 0.1) is 18.3 Å². The Bertz CT molecular complexity index is 959. The second kappa shape index (κ2) is 6.16. The molecule has 0 aliphatic carbocycles. The highest BCUT2D eigenvalue weighted by Gasteiger charge is 2.10. The van der Waals surface area contributed by atoms with E-state index in [1.54, 1.807) is 19.5 Å². The van der Waals surface area contributed by atoms with Gasteiger partial charge < -0.3 is 9.30 Å². The Morgan fingerprint density at radius 2 is 1.71 bits per heavy atom. The van der Waals surface area contributed by atoms with E-state index in [9.17, 15) is 0 Å². The van der Waals surface area contributed by atoms with Crippen molar-refractivity contribution in [2.24, 2.45) is 0 Å². The minimum atomic E-state index is 0.789. The normalized spacial score (nSPS) is 10.9. The van der Waals surface area contributed by atoms with Gasteiger partial charge in [0, 0.05) is 42.3 Å². The highest BCUT2D eigenvalue weighted by molar-refractivity contribution is 5.92. The lowest BCUT2D eigenvalue weighted by atomic mass is 10.1. The monoisotopic (exact) mass is 315 g/mol. The third-order valence-corrected chi connectivity index (χ3v) is 4.14. The highest BCUT2D eigenvalue weighted by Crippen LogP contribution is 2.27. The van der Waals surface area contributed by atoms with Gasteiger partial charge in [-0.1, -0.05) is 12.1 Å². The summed E-state index contributed by atoms with van der Waals surface area (Å²) in [7, 11) is 1.68. The third kappa shape index (κ3) is 2.63. The first-order valence-corrected chi connectivity index (χ1v) is 7.82. The third-order valence-electron chi connectivity index (χ3n) is 4.14. The van der Waals surface area contributed by atoms with Crippen LogP contribution < -0.4 is 4.74 Å². The molecule has 0 unspecified atom stereocenters. The molecule has 3 aromatic heterocycles. The van der Waals surface area contributed by atoms with Crippen molar-refractivity contribution in [3.8, 4) is 17.0 Å². The first-order chi connectivity index (χ1) is 11.8. The summed E-state index contributed by atoms with van der Waals surface area (Å²) in [6, 6.07) is 16.3. The molecule has 4 rings (SSSR count). The van der Waals surface area contributed by atoms with E-state index in [2.05, 4.69) is 38.9 Å². The van der Waals surface area contributed by atoms with Crippen molar-refractivity contribution < 1.29 is 4.74 Å². The predicted molar refractivity (Wildman–Crippen MR) is 95.1 cm³/mol. The van der Waals surface area contributed by atoms with E-state index in [0.717, 1.165) is 29.1 Å². The fourth-order valence-corrected chi connectivity index (χ4v) is 2.93. The summed E-state index contributed by atoms with van der Waals surface area (Å²) in [5.41, 5.74) is 4.41. The van der Waals surface area contributed by atoms with Crippen molar-refractivity contribution in [2.75, 3.05) is 7.11 Å². The van der Waals surface area contributed by atoms with E-state index in [4.69, 9.17) is 4.74 Å². The van der Waals surface area contributed by atoms with Gasteiger partial charge in [0.2, 0.25) is 0 Å². The van der Waals surface area contributed by atoms with Crippen molar-refractivity contribution in [1.29, 1.82) is 0 Å².